The van der Waals surface area contributed by atoms with Gasteiger partial charge < -0.3 is 9.57 Å². The lowest BCUT2D eigenvalue weighted by Gasteiger charge is -2.58. The van der Waals surface area contributed by atoms with Gasteiger partial charge in [-0.15, -0.1) is 0 Å². The molecule has 1 aliphatic carbocycles. The van der Waals surface area contributed by atoms with Crippen molar-refractivity contribution < 1.29 is 9.57 Å². The second-order valence-corrected chi connectivity index (χ2v) is 11.7. The SMILES string of the molecule is C[C@@H]1CC[C@@H]2[C@@H](C1)O[C@@H]([C@@H]1C(c3ccccc3)=NO[C@H]1c1ccccc1)N(Cc1ccccc1)C2(C)C. The van der Waals surface area contributed by atoms with E-state index in [9.17, 15) is 0 Å². The Balaban J connectivity index is 1.46. The Hall–Kier alpha value is -2.95. The van der Waals surface area contributed by atoms with Gasteiger partial charge >= 0.3 is 0 Å². The molecule has 1 saturated carbocycles. The molecule has 2 heterocycles. The van der Waals surface area contributed by atoms with Crippen molar-refractivity contribution in [3.05, 3.63) is 108 Å². The van der Waals surface area contributed by atoms with Gasteiger partial charge in [-0.05, 0) is 49.3 Å². The number of nitrogens with zero attached hydrogens (tertiary/aromatic N) is 2. The molecule has 6 rings (SSSR count). The zero-order valence-corrected chi connectivity index (χ0v) is 22.2. The van der Waals surface area contributed by atoms with E-state index in [0.717, 1.165) is 29.8 Å². The van der Waals surface area contributed by atoms with Gasteiger partial charge in [-0.3, -0.25) is 4.90 Å². The van der Waals surface area contributed by atoms with Gasteiger partial charge in [-0.2, -0.15) is 0 Å². The van der Waals surface area contributed by atoms with Gasteiger partial charge in [0, 0.05) is 18.0 Å². The second-order valence-electron chi connectivity index (χ2n) is 11.7. The summed E-state index contributed by atoms with van der Waals surface area (Å²) in [6.45, 7) is 8.08. The van der Waals surface area contributed by atoms with Crippen LogP contribution in [0.2, 0.25) is 0 Å². The average molecular weight is 495 g/mol. The van der Waals surface area contributed by atoms with Crippen LogP contribution < -0.4 is 0 Å². The Kier molecular flexibility index (Phi) is 6.64. The molecule has 0 radical (unpaired) electrons. The van der Waals surface area contributed by atoms with Gasteiger partial charge in [0.1, 0.15) is 6.23 Å². The first-order valence-corrected chi connectivity index (χ1v) is 13.8. The molecule has 3 aromatic rings. The highest BCUT2D eigenvalue weighted by molar-refractivity contribution is 6.03. The van der Waals surface area contributed by atoms with E-state index in [4.69, 9.17) is 14.7 Å². The van der Waals surface area contributed by atoms with Crippen molar-refractivity contribution >= 4 is 5.71 Å². The Morgan fingerprint density at radius 2 is 1.51 bits per heavy atom. The summed E-state index contributed by atoms with van der Waals surface area (Å²) in [7, 11) is 0. The van der Waals surface area contributed by atoms with E-state index in [1.165, 1.54) is 18.4 Å². The maximum atomic E-state index is 7.23. The van der Waals surface area contributed by atoms with Gasteiger partial charge in [-0.1, -0.05) is 109 Å². The molecule has 1 saturated heterocycles. The minimum Gasteiger partial charge on any atom is -0.386 e. The second kappa shape index (κ2) is 10.1. The van der Waals surface area contributed by atoms with Crippen molar-refractivity contribution in [2.24, 2.45) is 22.9 Å². The molecule has 0 amide bonds. The van der Waals surface area contributed by atoms with Gasteiger partial charge in [0.25, 0.3) is 0 Å². The zero-order chi connectivity index (χ0) is 25.4. The summed E-state index contributed by atoms with van der Waals surface area (Å²) in [6, 6.07) is 31.9. The van der Waals surface area contributed by atoms with E-state index in [0.29, 0.717) is 11.8 Å². The Morgan fingerprint density at radius 1 is 0.865 bits per heavy atom. The first-order chi connectivity index (χ1) is 18.0. The summed E-state index contributed by atoms with van der Waals surface area (Å²) in [4.78, 5) is 8.90. The van der Waals surface area contributed by atoms with Gasteiger partial charge in [0.2, 0.25) is 0 Å². The number of benzene rings is 3. The molecule has 0 unspecified atom stereocenters. The molecule has 0 N–H and O–H groups in total. The maximum absolute atomic E-state index is 7.23. The number of hydrogen-bond donors (Lipinski definition) is 0. The highest BCUT2D eigenvalue weighted by Crippen LogP contribution is 2.50. The minimum absolute atomic E-state index is 0.0325. The standard InChI is InChI=1S/C33H38N2O2/c1-23-19-20-27-28(21-23)36-32(35(33(27,2)3)22-24-13-7-4-8-14-24)29-30(25-15-9-5-10-16-25)34-37-31(29)26-17-11-6-12-18-26/h4-18,23,27-29,31-32H,19-22H2,1-3H3/t23-,27-,28-,29-,31+,32+/m1/s1. The van der Waals surface area contributed by atoms with E-state index in [1.807, 2.05) is 0 Å². The van der Waals surface area contributed by atoms with Gasteiger partial charge in [-0.25, -0.2) is 0 Å². The van der Waals surface area contributed by atoms with Gasteiger partial charge in [0.15, 0.2) is 6.10 Å². The van der Waals surface area contributed by atoms with Crippen LogP contribution in [0.3, 0.4) is 0 Å². The lowest BCUT2D eigenvalue weighted by molar-refractivity contribution is -0.253. The van der Waals surface area contributed by atoms with Crippen LogP contribution in [0.1, 0.15) is 62.8 Å². The van der Waals surface area contributed by atoms with Crippen LogP contribution in [-0.4, -0.2) is 28.5 Å². The average Bonchev–Trinajstić information content (AvgIpc) is 3.37. The van der Waals surface area contributed by atoms with Crippen LogP contribution >= 0.6 is 0 Å². The maximum Gasteiger partial charge on any atom is 0.164 e. The van der Waals surface area contributed by atoms with Crippen LogP contribution in [0.4, 0.5) is 0 Å². The summed E-state index contributed by atoms with van der Waals surface area (Å²) in [5.74, 6) is 1.13. The molecule has 2 aliphatic heterocycles. The van der Waals surface area contributed by atoms with Crippen molar-refractivity contribution in [1.29, 1.82) is 0 Å². The van der Waals surface area contributed by atoms with E-state index >= 15 is 0 Å². The van der Waals surface area contributed by atoms with E-state index in [-0.39, 0.29) is 29.9 Å². The fraction of sp³-hybridized carbons (Fsp3) is 0.424. The molecule has 0 aromatic heterocycles. The highest BCUT2D eigenvalue weighted by Gasteiger charge is 2.55. The molecular weight excluding hydrogens is 456 g/mol. The third-order valence-electron chi connectivity index (χ3n) is 8.93. The van der Waals surface area contributed by atoms with E-state index in [1.54, 1.807) is 0 Å². The molecule has 6 atom stereocenters. The molecule has 2 fully saturated rings. The third kappa shape index (κ3) is 4.62. The van der Waals surface area contributed by atoms with Crippen molar-refractivity contribution in [3.63, 3.8) is 0 Å². The fourth-order valence-corrected chi connectivity index (χ4v) is 6.87. The number of hydrogen-bond acceptors (Lipinski definition) is 4. The number of ether oxygens (including phenoxy) is 1. The van der Waals surface area contributed by atoms with Crippen LogP contribution in [0.25, 0.3) is 0 Å². The monoisotopic (exact) mass is 494 g/mol. The number of oxime groups is 1. The van der Waals surface area contributed by atoms with E-state index in [2.05, 4.69) is 117 Å². The fourth-order valence-electron chi connectivity index (χ4n) is 6.87. The lowest BCUT2D eigenvalue weighted by atomic mass is 9.68. The largest absolute Gasteiger partial charge is 0.386 e. The molecule has 0 bridgehead atoms. The smallest absolute Gasteiger partial charge is 0.164 e. The van der Waals surface area contributed by atoms with Crippen LogP contribution in [0.5, 0.6) is 0 Å². The summed E-state index contributed by atoms with van der Waals surface area (Å²) in [5.41, 5.74) is 4.50. The van der Waals surface area contributed by atoms with Crippen molar-refractivity contribution in [2.75, 3.05) is 0 Å². The predicted octanol–water partition coefficient (Wildman–Crippen LogP) is 7.22. The summed E-state index contributed by atoms with van der Waals surface area (Å²) in [5, 5.41) is 4.74. The quantitative estimate of drug-likeness (QED) is 0.375. The summed E-state index contributed by atoms with van der Waals surface area (Å²) < 4.78 is 7.23. The molecule has 192 valence electrons. The molecule has 0 spiro atoms. The lowest BCUT2D eigenvalue weighted by Crippen LogP contribution is -2.66. The highest BCUT2D eigenvalue weighted by atomic mass is 16.6. The normalized spacial score (nSPS) is 31.3. The van der Waals surface area contributed by atoms with Crippen LogP contribution in [-0.2, 0) is 16.1 Å². The van der Waals surface area contributed by atoms with Gasteiger partial charge in [0.05, 0.1) is 17.7 Å². The Bertz CT molecular complexity index is 1210. The van der Waals surface area contributed by atoms with Crippen LogP contribution in [0.15, 0.2) is 96.2 Å². The molecule has 4 nitrogen and oxygen atoms in total. The topological polar surface area (TPSA) is 34.1 Å². The molecule has 3 aromatic carbocycles. The Labute approximate surface area is 221 Å². The first-order valence-electron chi connectivity index (χ1n) is 13.8. The summed E-state index contributed by atoms with van der Waals surface area (Å²) in [6.07, 6.45) is 3.48. The van der Waals surface area contributed by atoms with Crippen molar-refractivity contribution in [2.45, 2.75) is 70.6 Å². The zero-order valence-electron chi connectivity index (χ0n) is 22.2. The summed E-state index contributed by atoms with van der Waals surface area (Å²) >= 11 is 0. The van der Waals surface area contributed by atoms with Crippen LogP contribution in [0, 0.1) is 17.8 Å². The number of rotatable bonds is 5. The molecule has 37 heavy (non-hydrogen) atoms. The first kappa shape index (κ1) is 24.4. The van der Waals surface area contributed by atoms with Crippen molar-refractivity contribution in [1.82, 2.24) is 4.90 Å². The van der Waals surface area contributed by atoms with Crippen molar-refractivity contribution in [3.8, 4) is 0 Å². The molecule has 4 heteroatoms. The number of fused-ring (bicyclic) bond motifs is 1. The molecule has 3 aliphatic rings. The molecular formula is C33H38N2O2. The van der Waals surface area contributed by atoms with E-state index < -0.39 is 0 Å². The predicted molar refractivity (Wildman–Crippen MR) is 148 cm³/mol. The Morgan fingerprint density at radius 3 is 2.22 bits per heavy atom. The third-order valence-corrected chi connectivity index (χ3v) is 8.93. The minimum atomic E-state index is -0.201.